The summed E-state index contributed by atoms with van der Waals surface area (Å²) in [5.74, 6) is -0.933. The van der Waals surface area contributed by atoms with Crippen molar-refractivity contribution in [2.24, 2.45) is 0 Å². The Morgan fingerprint density at radius 1 is 1.35 bits per heavy atom. The number of aromatic nitrogens is 2. The van der Waals surface area contributed by atoms with Gasteiger partial charge >= 0.3 is 5.97 Å². The van der Waals surface area contributed by atoms with Crippen molar-refractivity contribution in [2.75, 3.05) is 0 Å². The molecule has 2 heterocycles. The quantitative estimate of drug-likeness (QED) is 0.826. The monoisotopic (exact) mass is 230 g/mol. The Kier molecular flexibility index (Phi) is 3.00. The average Bonchev–Trinajstić information content (AvgIpc) is 2.32. The van der Waals surface area contributed by atoms with Crippen molar-refractivity contribution in [1.29, 1.82) is 0 Å². The van der Waals surface area contributed by atoms with Crippen molar-refractivity contribution in [2.45, 2.75) is 6.42 Å². The molecule has 2 rings (SSSR count). The molecule has 0 saturated heterocycles. The van der Waals surface area contributed by atoms with E-state index in [1.54, 1.807) is 30.6 Å². The van der Waals surface area contributed by atoms with E-state index in [0.717, 1.165) is 0 Å². The van der Waals surface area contributed by atoms with E-state index in [9.17, 15) is 9.59 Å². The lowest BCUT2D eigenvalue weighted by molar-refractivity contribution is -0.136. The first-order valence-electron chi connectivity index (χ1n) is 5.00. The zero-order valence-corrected chi connectivity index (χ0v) is 8.88. The third kappa shape index (κ3) is 2.57. The van der Waals surface area contributed by atoms with Crippen LogP contribution in [0.3, 0.4) is 0 Å². The predicted octanol–water partition coefficient (Wildman–Crippen LogP) is 1.06. The fourth-order valence-corrected chi connectivity index (χ4v) is 1.55. The van der Waals surface area contributed by atoms with E-state index in [-0.39, 0.29) is 12.0 Å². The molecule has 0 aromatic carbocycles. The summed E-state index contributed by atoms with van der Waals surface area (Å²) in [6.45, 7) is 0. The number of H-pyrrole nitrogens is 1. The fourth-order valence-electron chi connectivity index (χ4n) is 1.55. The zero-order valence-electron chi connectivity index (χ0n) is 8.88. The molecule has 5 heteroatoms. The van der Waals surface area contributed by atoms with Crippen LogP contribution in [0.25, 0.3) is 11.1 Å². The van der Waals surface area contributed by atoms with Gasteiger partial charge in [-0.2, -0.15) is 0 Å². The number of nitrogens with one attached hydrogen (secondary N) is 1. The number of carboxylic acids is 1. The summed E-state index contributed by atoms with van der Waals surface area (Å²) in [5.41, 5.74) is 1.48. The molecule has 17 heavy (non-hydrogen) atoms. The minimum absolute atomic E-state index is 0.116. The largest absolute Gasteiger partial charge is 0.481 e. The standard InChI is InChI=1S/C12H10N2O3/c15-11(16)6-8-5-10(12(17)14-7-8)9-1-3-13-4-2-9/h1-5,7H,6H2,(H,14,17)(H,15,16). The van der Waals surface area contributed by atoms with Crippen LogP contribution in [0.5, 0.6) is 0 Å². The second-order valence-corrected chi connectivity index (χ2v) is 3.56. The summed E-state index contributed by atoms with van der Waals surface area (Å²) in [6, 6.07) is 4.99. The fraction of sp³-hybridized carbons (Fsp3) is 0.0833. The van der Waals surface area contributed by atoms with Gasteiger partial charge in [-0.25, -0.2) is 0 Å². The van der Waals surface area contributed by atoms with Gasteiger partial charge < -0.3 is 10.1 Å². The number of pyridine rings is 2. The van der Waals surface area contributed by atoms with Crippen molar-refractivity contribution in [1.82, 2.24) is 9.97 Å². The van der Waals surface area contributed by atoms with Crippen LogP contribution in [0.1, 0.15) is 5.56 Å². The Balaban J connectivity index is 2.47. The highest BCUT2D eigenvalue weighted by atomic mass is 16.4. The number of carbonyl (C=O) groups is 1. The third-order valence-electron chi connectivity index (χ3n) is 2.31. The molecule has 2 N–H and O–H groups in total. The van der Waals surface area contributed by atoms with Crippen LogP contribution in [0.2, 0.25) is 0 Å². The van der Waals surface area contributed by atoms with Gasteiger partial charge in [-0.05, 0) is 29.3 Å². The van der Waals surface area contributed by atoms with E-state index in [1.807, 2.05) is 0 Å². The Labute approximate surface area is 96.8 Å². The Bertz CT molecular complexity index is 590. The first kappa shape index (κ1) is 11.1. The second-order valence-electron chi connectivity index (χ2n) is 3.56. The lowest BCUT2D eigenvalue weighted by Gasteiger charge is -2.02. The van der Waals surface area contributed by atoms with Crippen LogP contribution < -0.4 is 5.56 Å². The molecule has 0 saturated carbocycles. The smallest absolute Gasteiger partial charge is 0.307 e. The van der Waals surface area contributed by atoms with Crippen LogP contribution in [0.15, 0.2) is 41.6 Å². The maximum absolute atomic E-state index is 11.6. The van der Waals surface area contributed by atoms with E-state index in [0.29, 0.717) is 16.7 Å². The van der Waals surface area contributed by atoms with Crippen molar-refractivity contribution >= 4 is 5.97 Å². The molecule has 0 radical (unpaired) electrons. The molecule has 0 aliphatic heterocycles. The molecule has 0 fully saturated rings. The third-order valence-corrected chi connectivity index (χ3v) is 2.31. The number of hydrogen-bond donors (Lipinski definition) is 2. The van der Waals surface area contributed by atoms with Gasteiger partial charge in [0.25, 0.3) is 5.56 Å². The molecule has 86 valence electrons. The van der Waals surface area contributed by atoms with Gasteiger partial charge in [0.1, 0.15) is 0 Å². The summed E-state index contributed by atoms with van der Waals surface area (Å²) in [6.07, 6.45) is 4.47. The SMILES string of the molecule is O=C(O)Cc1c[nH]c(=O)c(-c2ccncc2)c1. The molecule has 2 aromatic heterocycles. The van der Waals surface area contributed by atoms with Crippen LogP contribution in [-0.4, -0.2) is 21.0 Å². The molecule has 0 amide bonds. The highest BCUT2D eigenvalue weighted by Crippen LogP contribution is 2.14. The van der Waals surface area contributed by atoms with E-state index in [2.05, 4.69) is 9.97 Å². The highest BCUT2D eigenvalue weighted by molar-refractivity contribution is 5.71. The van der Waals surface area contributed by atoms with E-state index in [4.69, 9.17) is 5.11 Å². The minimum Gasteiger partial charge on any atom is -0.481 e. The molecule has 0 spiro atoms. The van der Waals surface area contributed by atoms with E-state index < -0.39 is 5.97 Å². The topological polar surface area (TPSA) is 83.0 Å². The van der Waals surface area contributed by atoms with E-state index in [1.165, 1.54) is 6.20 Å². The van der Waals surface area contributed by atoms with Crippen molar-refractivity contribution in [3.05, 3.63) is 52.7 Å². The van der Waals surface area contributed by atoms with Crippen LogP contribution in [0.4, 0.5) is 0 Å². The highest BCUT2D eigenvalue weighted by Gasteiger charge is 2.06. The lowest BCUT2D eigenvalue weighted by atomic mass is 10.1. The Morgan fingerprint density at radius 3 is 2.71 bits per heavy atom. The van der Waals surface area contributed by atoms with Crippen LogP contribution in [-0.2, 0) is 11.2 Å². The molecule has 0 atom stereocenters. The average molecular weight is 230 g/mol. The van der Waals surface area contributed by atoms with Crippen molar-refractivity contribution < 1.29 is 9.90 Å². The van der Waals surface area contributed by atoms with Gasteiger partial charge in [-0.15, -0.1) is 0 Å². The lowest BCUT2D eigenvalue weighted by Crippen LogP contribution is -2.11. The molecule has 0 aliphatic rings. The van der Waals surface area contributed by atoms with Gasteiger partial charge in [0.15, 0.2) is 0 Å². The zero-order chi connectivity index (χ0) is 12.3. The number of aromatic amines is 1. The maximum atomic E-state index is 11.6. The van der Waals surface area contributed by atoms with Gasteiger partial charge in [-0.1, -0.05) is 0 Å². The molecule has 2 aromatic rings. The molecular formula is C12H10N2O3. The number of hydrogen-bond acceptors (Lipinski definition) is 3. The number of rotatable bonds is 3. The van der Waals surface area contributed by atoms with Gasteiger partial charge in [0.05, 0.1) is 6.42 Å². The number of nitrogens with zero attached hydrogens (tertiary/aromatic N) is 1. The van der Waals surface area contributed by atoms with Crippen molar-refractivity contribution in [3.63, 3.8) is 0 Å². The van der Waals surface area contributed by atoms with Gasteiger partial charge in [0, 0.05) is 24.2 Å². The number of carboxylic acid groups (broad SMARTS) is 1. The van der Waals surface area contributed by atoms with Crippen LogP contribution in [0, 0.1) is 0 Å². The summed E-state index contributed by atoms with van der Waals surface area (Å²) in [4.78, 5) is 28.6. The second kappa shape index (κ2) is 4.61. The first-order valence-corrected chi connectivity index (χ1v) is 5.00. The summed E-state index contributed by atoms with van der Waals surface area (Å²) >= 11 is 0. The van der Waals surface area contributed by atoms with E-state index >= 15 is 0 Å². The van der Waals surface area contributed by atoms with Crippen molar-refractivity contribution in [3.8, 4) is 11.1 Å². The van der Waals surface area contributed by atoms with Crippen LogP contribution >= 0.6 is 0 Å². The molecule has 0 aliphatic carbocycles. The minimum atomic E-state index is -0.933. The Morgan fingerprint density at radius 2 is 2.06 bits per heavy atom. The molecule has 5 nitrogen and oxygen atoms in total. The predicted molar refractivity (Wildman–Crippen MR) is 61.6 cm³/mol. The number of aliphatic carboxylic acids is 1. The molecule has 0 unspecified atom stereocenters. The van der Waals surface area contributed by atoms with Gasteiger partial charge in [-0.3, -0.25) is 14.6 Å². The normalized spacial score (nSPS) is 10.1. The molecule has 0 bridgehead atoms. The van der Waals surface area contributed by atoms with Gasteiger partial charge in [0.2, 0.25) is 0 Å². The summed E-state index contributed by atoms with van der Waals surface area (Å²) in [5, 5.41) is 8.70. The summed E-state index contributed by atoms with van der Waals surface area (Å²) in [7, 11) is 0. The summed E-state index contributed by atoms with van der Waals surface area (Å²) < 4.78 is 0. The Hall–Kier alpha value is -2.43. The maximum Gasteiger partial charge on any atom is 0.307 e. The first-order chi connectivity index (χ1) is 8.16. The molecular weight excluding hydrogens is 220 g/mol.